The summed E-state index contributed by atoms with van der Waals surface area (Å²) < 4.78 is 16.8. The average Bonchev–Trinajstić information content (AvgIpc) is 3.60. The maximum atomic E-state index is 14.7. The third kappa shape index (κ3) is 6.55. The molecule has 1 aliphatic rings. The molecule has 7 heteroatoms. The number of rotatable bonds is 11. The second-order valence-corrected chi connectivity index (χ2v) is 14.7. The van der Waals surface area contributed by atoms with Crippen molar-refractivity contribution in [2.45, 2.75) is 31.7 Å². The fraction of sp³-hybridized carbons (Fsp3) is 0.213. The van der Waals surface area contributed by atoms with Crippen molar-refractivity contribution in [1.82, 2.24) is 19.7 Å². The van der Waals surface area contributed by atoms with Gasteiger partial charge in [-0.2, -0.15) is 5.10 Å². The number of pyridine rings is 1. The predicted molar refractivity (Wildman–Crippen MR) is 212 cm³/mol. The lowest BCUT2D eigenvalue weighted by molar-refractivity contribution is 0.0315. The van der Waals surface area contributed by atoms with E-state index >= 15 is 0 Å². The van der Waals surface area contributed by atoms with Gasteiger partial charge in [-0.1, -0.05) is 109 Å². The van der Waals surface area contributed by atoms with Gasteiger partial charge in [-0.3, -0.25) is 14.7 Å². The quantitative estimate of drug-likeness (QED) is 0.107. The number of fused-ring (bicyclic) bond motifs is 1. The van der Waals surface area contributed by atoms with Gasteiger partial charge in [0, 0.05) is 40.4 Å². The Morgan fingerprint density at radius 1 is 0.815 bits per heavy atom. The van der Waals surface area contributed by atoms with Crippen molar-refractivity contribution < 1.29 is 14.3 Å². The molecule has 1 aliphatic heterocycles. The Balaban J connectivity index is 1.25. The normalized spacial score (nSPS) is 16.4. The van der Waals surface area contributed by atoms with E-state index < -0.39 is 11.0 Å². The molecule has 0 bridgehead atoms. The van der Waals surface area contributed by atoms with E-state index in [0.717, 1.165) is 63.9 Å². The van der Waals surface area contributed by atoms with Crippen molar-refractivity contribution in [1.29, 1.82) is 0 Å². The summed E-state index contributed by atoms with van der Waals surface area (Å²) in [5.74, 6) is -0.273. The first-order valence-electron chi connectivity index (χ1n) is 18.6. The van der Waals surface area contributed by atoms with Gasteiger partial charge in [-0.15, -0.1) is 0 Å². The number of Topliss-reactive ketones (excluding diaryl/α,β-unsaturated/α-hetero) is 1. The largest absolute Gasteiger partial charge is 0.396 e. The van der Waals surface area contributed by atoms with Crippen LogP contribution >= 0.6 is 0 Å². The van der Waals surface area contributed by atoms with Crippen molar-refractivity contribution in [2.24, 2.45) is 5.41 Å². The maximum absolute atomic E-state index is 14.7. The Morgan fingerprint density at radius 3 is 2.06 bits per heavy atom. The van der Waals surface area contributed by atoms with Gasteiger partial charge >= 0.3 is 0 Å². The van der Waals surface area contributed by atoms with E-state index in [1.165, 1.54) is 6.07 Å². The molecule has 6 nitrogen and oxygen atoms in total. The van der Waals surface area contributed by atoms with Gasteiger partial charge in [0.15, 0.2) is 5.78 Å². The number of carbonyl (C=O) groups is 1. The SMILES string of the molecule is Cc1cc(-c2nn(C(c3ccccc3)(c3ccccc3)c3ccccc3)c3ccc(C(=O)CN4CCCC(CO)(Cc5ccccc5F)C4)cc23)ccn1. The second-order valence-electron chi connectivity index (χ2n) is 14.7. The van der Waals surface area contributed by atoms with Crippen molar-refractivity contribution in [3.05, 3.63) is 191 Å². The van der Waals surface area contributed by atoms with Crippen molar-refractivity contribution in [3.63, 3.8) is 0 Å². The van der Waals surface area contributed by atoms with Crippen LogP contribution in [0.15, 0.2) is 152 Å². The molecule has 2 aromatic heterocycles. The number of aromatic nitrogens is 3. The van der Waals surface area contributed by atoms with E-state index in [1.54, 1.807) is 18.3 Å². The standard InChI is InChI=1S/C47H43FN4O2/c1-34-28-36(24-26-49-34)45-41-29-35(44(54)31-51-27-13-25-46(32-51,33-53)30-37-14-11-12-21-42(37)48)22-23-43(41)52(50-45)47(38-15-5-2-6-16-38,39-17-7-3-8-18-39)40-19-9-4-10-20-40/h2-12,14-24,26,28-29,53H,13,25,27,30-33H2,1H3. The monoisotopic (exact) mass is 714 g/mol. The number of hydrogen-bond donors (Lipinski definition) is 1. The maximum Gasteiger partial charge on any atom is 0.176 e. The van der Waals surface area contributed by atoms with Crippen LogP contribution in [0.5, 0.6) is 0 Å². The summed E-state index contributed by atoms with van der Waals surface area (Å²) in [4.78, 5) is 20.8. The summed E-state index contributed by atoms with van der Waals surface area (Å²) in [6, 6.07) is 48.1. The van der Waals surface area contributed by atoms with Gasteiger partial charge < -0.3 is 5.11 Å². The molecular formula is C47H43FN4O2. The molecule has 8 rings (SSSR count). The zero-order chi connectivity index (χ0) is 37.1. The Morgan fingerprint density at radius 2 is 1.44 bits per heavy atom. The lowest BCUT2D eigenvalue weighted by atomic mass is 9.75. The van der Waals surface area contributed by atoms with Crippen molar-refractivity contribution in [3.8, 4) is 11.3 Å². The molecule has 54 heavy (non-hydrogen) atoms. The first-order chi connectivity index (χ1) is 26.4. The molecule has 1 N–H and O–H groups in total. The number of carbonyl (C=O) groups excluding carboxylic acids is 1. The molecule has 1 saturated heterocycles. The first-order valence-corrected chi connectivity index (χ1v) is 18.6. The van der Waals surface area contributed by atoms with Crippen LogP contribution in [0, 0.1) is 18.2 Å². The molecule has 5 aromatic carbocycles. The molecule has 0 spiro atoms. The summed E-state index contributed by atoms with van der Waals surface area (Å²) in [6.07, 6.45) is 3.82. The number of aliphatic hydroxyl groups is 1. The van der Waals surface area contributed by atoms with Gasteiger partial charge in [0.05, 0.1) is 18.7 Å². The molecule has 270 valence electrons. The van der Waals surface area contributed by atoms with E-state index in [1.807, 2.05) is 61.5 Å². The third-order valence-corrected chi connectivity index (χ3v) is 11.0. The van der Waals surface area contributed by atoms with Gasteiger partial charge in [-0.25, -0.2) is 9.07 Å². The molecule has 7 aromatic rings. The fourth-order valence-electron chi connectivity index (χ4n) is 8.47. The highest BCUT2D eigenvalue weighted by molar-refractivity contribution is 6.03. The lowest BCUT2D eigenvalue weighted by Gasteiger charge is -2.42. The number of aliphatic hydroxyl groups excluding tert-OH is 1. The van der Waals surface area contributed by atoms with Crippen LogP contribution in [-0.2, 0) is 12.0 Å². The van der Waals surface area contributed by atoms with E-state index in [0.29, 0.717) is 24.1 Å². The molecule has 1 atom stereocenters. The molecule has 1 unspecified atom stereocenters. The molecule has 0 amide bonds. The number of likely N-dealkylation sites (tertiary alicyclic amines) is 1. The summed E-state index contributed by atoms with van der Waals surface area (Å²) in [5, 5.41) is 17.0. The Labute approximate surface area is 315 Å². The molecule has 0 saturated carbocycles. The highest BCUT2D eigenvalue weighted by atomic mass is 19.1. The Hall–Kier alpha value is -5.76. The first kappa shape index (κ1) is 35.3. The zero-order valence-corrected chi connectivity index (χ0v) is 30.4. The lowest BCUT2D eigenvalue weighted by Crippen LogP contribution is -2.48. The van der Waals surface area contributed by atoms with Gasteiger partial charge in [0.2, 0.25) is 0 Å². The number of piperidine rings is 1. The topological polar surface area (TPSA) is 71.2 Å². The smallest absolute Gasteiger partial charge is 0.176 e. The number of ketones is 1. The van der Waals surface area contributed by atoms with Crippen LogP contribution in [0.4, 0.5) is 4.39 Å². The minimum atomic E-state index is -0.854. The molecular weight excluding hydrogens is 672 g/mol. The number of nitrogens with zero attached hydrogens (tertiary/aromatic N) is 4. The van der Waals surface area contributed by atoms with Crippen LogP contribution in [0.3, 0.4) is 0 Å². The predicted octanol–water partition coefficient (Wildman–Crippen LogP) is 8.89. The molecule has 0 aliphatic carbocycles. The van der Waals surface area contributed by atoms with Crippen LogP contribution in [-0.4, -0.2) is 56.8 Å². The number of halogens is 1. The number of benzene rings is 5. The molecule has 3 heterocycles. The fourth-order valence-corrected chi connectivity index (χ4v) is 8.47. The highest BCUT2D eigenvalue weighted by Gasteiger charge is 2.41. The van der Waals surface area contributed by atoms with E-state index in [2.05, 4.69) is 87.4 Å². The second kappa shape index (κ2) is 14.9. The van der Waals surface area contributed by atoms with Crippen molar-refractivity contribution in [2.75, 3.05) is 26.2 Å². The van der Waals surface area contributed by atoms with Crippen LogP contribution in [0.25, 0.3) is 22.2 Å². The van der Waals surface area contributed by atoms with Crippen molar-refractivity contribution >= 4 is 16.7 Å². The summed E-state index contributed by atoms with van der Waals surface area (Å²) >= 11 is 0. The average molecular weight is 715 g/mol. The van der Waals surface area contributed by atoms with Gasteiger partial charge in [0.25, 0.3) is 0 Å². The Bertz CT molecular complexity index is 2300. The summed E-state index contributed by atoms with van der Waals surface area (Å²) in [5.41, 5.74) is 6.40. The van der Waals surface area contributed by atoms with Crippen LogP contribution < -0.4 is 0 Å². The highest BCUT2D eigenvalue weighted by Crippen LogP contribution is 2.44. The molecule has 0 radical (unpaired) electrons. The molecule has 1 fully saturated rings. The van der Waals surface area contributed by atoms with E-state index in [4.69, 9.17) is 5.10 Å². The third-order valence-electron chi connectivity index (χ3n) is 11.0. The number of hydrogen-bond acceptors (Lipinski definition) is 5. The van der Waals surface area contributed by atoms with E-state index in [-0.39, 0.29) is 24.8 Å². The zero-order valence-electron chi connectivity index (χ0n) is 30.4. The van der Waals surface area contributed by atoms with E-state index in [9.17, 15) is 14.3 Å². The minimum Gasteiger partial charge on any atom is -0.396 e. The Kier molecular flexibility index (Phi) is 9.76. The summed E-state index contributed by atoms with van der Waals surface area (Å²) in [6.45, 7) is 3.35. The minimum absolute atomic E-state index is 0.0124. The number of aryl methyl sites for hydroxylation is 1. The van der Waals surface area contributed by atoms with Crippen LogP contribution in [0.2, 0.25) is 0 Å². The van der Waals surface area contributed by atoms with Gasteiger partial charge in [0.1, 0.15) is 17.1 Å². The summed E-state index contributed by atoms with van der Waals surface area (Å²) in [7, 11) is 0. The van der Waals surface area contributed by atoms with Gasteiger partial charge in [-0.05, 0) is 91.4 Å². The van der Waals surface area contributed by atoms with Crippen LogP contribution in [0.1, 0.15) is 51.1 Å².